The van der Waals surface area contributed by atoms with Crippen molar-refractivity contribution in [1.29, 1.82) is 0 Å². The summed E-state index contributed by atoms with van der Waals surface area (Å²) in [5.41, 5.74) is 10.8. The molecule has 0 spiro atoms. The molecule has 106 valence electrons. The lowest BCUT2D eigenvalue weighted by atomic mass is 10.3. The minimum absolute atomic E-state index is 0.182. The first-order valence-electron chi connectivity index (χ1n) is 5.45. The van der Waals surface area contributed by atoms with Crippen LogP contribution in [0.4, 0.5) is 0 Å². The third-order valence-corrected chi connectivity index (χ3v) is 5.52. The van der Waals surface area contributed by atoms with Gasteiger partial charge in [0.2, 0.25) is 0 Å². The molecule has 0 aromatic rings. The minimum atomic E-state index is -1.01. The Morgan fingerprint density at radius 3 is 1.44 bits per heavy atom. The second-order valence-electron chi connectivity index (χ2n) is 3.97. The van der Waals surface area contributed by atoms with E-state index in [-0.39, 0.29) is 10.5 Å². The number of carboxylic acid groups (broad SMARTS) is 2. The number of aliphatic carboxylic acids is 2. The Hall–Kier alpha value is -0.440. The zero-order valence-corrected chi connectivity index (χ0v) is 12.0. The normalized spacial score (nSPS) is 17.8. The maximum absolute atomic E-state index is 10.5. The van der Waals surface area contributed by atoms with Crippen molar-refractivity contribution in [2.24, 2.45) is 11.5 Å². The second-order valence-corrected chi connectivity index (χ2v) is 6.79. The van der Waals surface area contributed by atoms with Crippen molar-refractivity contribution in [3.63, 3.8) is 0 Å². The lowest BCUT2D eigenvalue weighted by molar-refractivity contribution is -0.138. The van der Waals surface area contributed by atoms with E-state index in [2.05, 4.69) is 0 Å². The fourth-order valence-corrected chi connectivity index (χ4v) is 3.24. The third-order valence-electron chi connectivity index (χ3n) is 2.37. The summed E-state index contributed by atoms with van der Waals surface area (Å²) in [5.74, 6) is -1.34. The van der Waals surface area contributed by atoms with Crippen molar-refractivity contribution in [1.82, 2.24) is 0 Å². The van der Waals surface area contributed by atoms with Crippen LogP contribution in [0, 0.1) is 0 Å². The Labute approximate surface area is 115 Å². The molecule has 0 amide bonds. The molecule has 0 aromatic carbocycles. The minimum Gasteiger partial charge on any atom is -0.480 e. The van der Waals surface area contributed by atoms with Gasteiger partial charge in [-0.3, -0.25) is 9.59 Å². The van der Waals surface area contributed by atoms with Gasteiger partial charge in [-0.05, 0) is 0 Å². The number of rotatable bonds is 9. The molecule has 0 aliphatic rings. The van der Waals surface area contributed by atoms with Gasteiger partial charge in [0.25, 0.3) is 0 Å². The molecule has 18 heavy (non-hydrogen) atoms. The Morgan fingerprint density at radius 2 is 1.22 bits per heavy atom. The van der Waals surface area contributed by atoms with Crippen LogP contribution in [0.2, 0.25) is 0 Å². The van der Waals surface area contributed by atoms with Gasteiger partial charge in [-0.1, -0.05) is 13.8 Å². The lowest BCUT2D eigenvalue weighted by Crippen LogP contribution is -2.35. The highest BCUT2D eigenvalue weighted by atomic mass is 32.2. The SMILES string of the molecule is CC(SCC(N)C(=O)O)C(C)SCC(N)C(=O)O. The summed E-state index contributed by atoms with van der Waals surface area (Å²) in [4.78, 5) is 21.1. The van der Waals surface area contributed by atoms with Gasteiger partial charge in [0.05, 0.1) is 0 Å². The lowest BCUT2D eigenvalue weighted by Gasteiger charge is -2.20. The molecule has 6 nitrogen and oxygen atoms in total. The first kappa shape index (κ1) is 17.6. The number of carbonyl (C=O) groups is 2. The highest BCUT2D eigenvalue weighted by Crippen LogP contribution is 2.24. The molecule has 0 saturated carbocycles. The Balaban J connectivity index is 3.92. The van der Waals surface area contributed by atoms with Crippen molar-refractivity contribution in [3.8, 4) is 0 Å². The molecule has 4 atom stereocenters. The number of thioether (sulfide) groups is 2. The number of hydrogen-bond acceptors (Lipinski definition) is 6. The molecule has 0 heterocycles. The summed E-state index contributed by atoms with van der Waals surface area (Å²) in [7, 11) is 0. The maximum atomic E-state index is 10.5. The van der Waals surface area contributed by atoms with Gasteiger partial charge in [0.15, 0.2) is 0 Å². The van der Waals surface area contributed by atoms with E-state index in [1.165, 1.54) is 23.5 Å². The molecule has 0 fully saturated rings. The van der Waals surface area contributed by atoms with Crippen LogP contribution < -0.4 is 11.5 Å². The molecule has 0 radical (unpaired) electrons. The Kier molecular flexibility index (Phi) is 8.41. The van der Waals surface area contributed by atoms with Gasteiger partial charge in [-0.2, -0.15) is 23.5 Å². The third kappa shape index (κ3) is 7.10. The summed E-state index contributed by atoms with van der Waals surface area (Å²) < 4.78 is 0. The summed E-state index contributed by atoms with van der Waals surface area (Å²) >= 11 is 2.93. The van der Waals surface area contributed by atoms with E-state index in [9.17, 15) is 9.59 Å². The predicted molar refractivity (Wildman–Crippen MR) is 75.1 cm³/mol. The summed E-state index contributed by atoms with van der Waals surface area (Å²) in [6.45, 7) is 3.92. The molecule has 4 unspecified atom stereocenters. The van der Waals surface area contributed by atoms with Crippen LogP contribution in [-0.2, 0) is 9.59 Å². The smallest absolute Gasteiger partial charge is 0.321 e. The molecular weight excluding hydrogens is 276 g/mol. The molecule has 8 heteroatoms. The fourth-order valence-electron chi connectivity index (χ4n) is 0.924. The van der Waals surface area contributed by atoms with Gasteiger partial charge in [0, 0.05) is 22.0 Å². The molecular formula is C10H20N2O4S2. The Bertz CT molecular complexity index is 263. The number of hydrogen-bond donors (Lipinski definition) is 4. The zero-order valence-electron chi connectivity index (χ0n) is 10.4. The first-order chi connectivity index (χ1) is 8.25. The van der Waals surface area contributed by atoms with Crippen LogP contribution in [0.3, 0.4) is 0 Å². The largest absolute Gasteiger partial charge is 0.480 e. The molecule has 0 rings (SSSR count). The summed E-state index contributed by atoms with van der Waals surface area (Å²) in [6, 6.07) is -1.73. The molecule has 0 aromatic heterocycles. The van der Waals surface area contributed by atoms with E-state index in [1.807, 2.05) is 13.8 Å². The average molecular weight is 296 g/mol. The average Bonchev–Trinajstić information content (AvgIpc) is 2.31. The molecule has 0 aliphatic carbocycles. The van der Waals surface area contributed by atoms with Crippen LogP contribution >= 0.6 is 23.5 Å². The van der Waals surface area contributed by atoms with Crippen molar-refractivity contribution >= 4 is 35.5 Å². The van der Waals surface area contributed by atoms with Gasteiger partial charge in [-0.15, -0.1) is 0 Å². The van der Waals surface area contributed by atoms with Crippen molar-refractivity contribution in [3.05, 3.63) is 0 Å². The van der Waals surface area contributed by atoms with Crippen molar-refractivity contribution < 1.29 is 19.8 Å². The Morgan fingerprint density at radius 1 is 0.944 bits per heavy atom. The highest BCUT2D eigenvalue weighted by Gasteiger charge is 2.20. The fraction of sp³-hybridized carbons (Fsp3) is 0.800. The number of carboxylic acids is 2. The molecule has 6 N–H and O–H groups in total. The van der Waals surface area contributed by atoms with E-state index < -0.39 is 24.0 Å². The molecule has 0 aliphatic heterocycles. The monoisotopic (exact) mass is 296 g/mol. The molecule has 0 bridgehead atoms. The second kappa shape index (κ2) is 8.63. The summed E-state index contributed by atoms with van der Waals surface area (Å²) in [5, 5.41) is 17.7. The van der Waals surface area contributed by atoms with Crippen LogP contribution in [0.15, 0.2) is 0 Å². The van der Waals surface area contributed by atoms with Crippen LogP contribution in [0.1, 0.15) is 13.8 Å². The van der Waals surface area contributed by atoms with E-state index in [4.69, 9.17) is 21.7 Å². The van der Waals surface area contributed by atoms with Crippen molar-refractivity contribution in [2.75, 3.05) is 11.5 Å². The maximum Gasteiger partial charge on any atom is 0.321 e. The summed E-state index contributed by atoms with van der Waals surface area (Å²) in [6.07, 6.45) is 0. The van der Waals surface area contributed by atoms with Gasteiger partial charge in [-0.25, -0.2) is 0 Å². The van der Waals surface area contributed by atoms with Crippen molar-refractivity contribution in [2.45, 2.75) is 36.4 Å². The van der Waals surface area contributed by atoms with Crippen LogP contribution in [-0.4, -0.2) is 56.2 Å². The first-order valence-corrected chi connectivity index (χ1v) is 7.55. The predicted octanol–water partition coefficient (Wildman–Crippen LogP) is 0.0536. The zero-order chi connectivity index (χ0) is 14.3. The number of nitrogens with two attached hydrogens (primary N) is 2. The van der Waals surface area contributed by atoms with Gasteiger partial charge < -0.3 is 21.7 Å². The standard InChI is InChI=1S/C10H20N2O4S2/c1-5(17-3-7(11)9(13)14)6(2)18-4-8(12)10(15)16/h5-8H,3-4,11-12H2,1-2H3,(H,13,14)(H,15,16). The van der Waals surface area contributed by atoms with E-state index in [1.54, 1.807) is 0 Å². The van der Waals surface area contributed by atoms with Gasteiger partial charge >= 0.3 is 11.9 Å². The van der Waals surface area contributed by atoms with Gasteiger partial charge in [0.1, 0.15) is 12.1 Å². The van der Waals surface area contributed by atoms with Crippen LogP contribution in [0.5, 0.6) is 0 Å². The molecule has 0 saturated heterocycles. The van der Waals surface area contributed by atoms with E-state index in [0.717, 1.165) is 0 Å². The highest BCUT2D eigenvalue weighted by molar-refractivity contribution is 8.03. The van der Waals surface area contributed by atoms with E-state index >= 15 is 0 Å². The van der Waals surface area contributed by atoms with Crippen LogP contribution in [0.25, 0.3) is 0 Å². The quantitative estimate of drug-likeness (QED) is 0.470. The topological polar surface area (TPSA) is 127 Å². The van der Waals surface area contributed by atoms with E-state index in [0.29, 0.717) is 11.5 Å².